The Hall–Kier alpha value is -1.56. The van der Waals surface area contributed by atoms with Gasteiger partial charge in [0.1, 0.15) is 16.6 Å². The highest BCUT2D eigenvalue weighted by Crippen LogP contribution is 2.24. The Morgan fingerprint density at radius 2 is 2.10 bits per heavy atom. The van der Waals surface area contributed by atoms with Crippen LogP contribution in [0, 0.1) is 4.64 Å². The van der Waals surface area contributed by atoms with Crippen molar-refractivity contribution in [3.8, 4) is 0 Å². The molecule has 0 saturated heterocycles. The van der Waals surface area contributed by atoms with Gasteiger partial charge in [0, 0.05) is 37.9 Å². The van der Waals surface area contributed by atoms with E-state index in [4.69, 9.17) is 17.0 Å². The first kappa shape index (κ1) is 13.4. The lowest BCUT2D eigenvalue weighted by Gasteiger charge is -2.21. The van der Waals surface area contributed by atoms with Gasteiger partial charge in [-0.2, -0.15) is 0 Å². The number of ether oxygens (including phenoxy) is 1. The molecular weight excluding hydrogens is 270 g/mol. The molecule has 0 amide bonds. The Morgan fingerprint density at radius 3 is 2.85 bits per heavy atom. The van der Waals surface area contributed by atoms with Crippen LogP contribution in [0.25, 0.3) is 0 Å². The summed E-state index contributed by atoms with van der Waals surface area (Å²) < 4.78 is 6.28. The van der Waals surface area contributed by atoms with Crippen LogP contribution in [0.1, 0.15) is 28.7 Å². The third-order valence-corrected chi connectivity index (χ3v) is 3.90. The maximum absolute atomic E-state index is 5.61. The number of rotatable bonds is 3. The van der Waals surface area contributed by atoms with Gasteiger partial charge in [-0.15, -0.1) is 0 Å². The number of fused-ring (bicyclic) bond motifs is 1. The van der Waals surface area contributed by atoms with Crippen molar-refractivity contribution in [2.45, 2.75) is 19.1 Å². The van der Waals surface area contributed by atoms with Crippen LogP contribution in [0.3, 0.4) is 0 Å². The lowest BCUT2D eigenvalue weighted by molar-refractivity contribution is 0.128. The lowest BCUT2D eigenvalue weighted by Crippen LogP contribution is -2.26. The second-order valence-corrected chi connectivity index (χ2v) is 5.22. The second-order valence-electron chi connectivity index (χ2n) is 4.84. The monoisotopic (exact) mass is 287 g/mol. The molecule has 1 aromatic heterocycles. The van der Waals surface area contributed by atoms with E-state index >= 15 is 0 Å². The molecule has 0 aliphatic carbocycles. The highest BCUT2D eigenvalue weighted by atomic mass is 32.1. The Morgan fingerprint density at radius 1 is 1.30 bits per heavy atom. The van der Waals surface area contributed by atoms with E-state index in [1.54, 1.807) is 7.11 Å². The van der Waals surface area contributed by atoms with Crippen LogP contribution in [0.2, 0.25) is 0 Å². The number of nitrogens with zero attached hydrogens (tertiary/aromatic N) is 1. The molecule has 1 aliphatic heterocycles. The first-order valence-electron chi connectivity index (χ1n) is 6.70. The summed E-state index contributed by atoms with van der Waals surface area (Å²) in [6, 6.07) is 10.1. The third kappa shape index (κ3) is 2.52. The smallest absolute Gasteiger partial charge is 0.141 e. The summed E-state index contributed by atoms with van der Waals surface area (Å²) >= 11 is 5.42. The Labute approximate surface area is 123 Å². The molecule has 0 saturated carbocycles. The van der Waals surface area contributed by atoms with E-state index in [1.165, 1.54) is 5.69 Å². The van der Waals surface area contributed by atoms with Crippen LogP contribution < -0.4 is 5.32 Å². The van der Waals surface area contributed by atoms with Gasteiger partial charge in [0.2, 0.25) is 0 Å². The molecule has 1 aliphatic rings. The van der Waals surface area contributed by atoms with E-state index in [0.29, 0.717) is 4.64 Å². The molecule has 1 atom stereocenters. The summed E-state index contributed by atoms with van der Waals surface area (Å²) in [6.07, 6.45) is 0.734. The average molecular weight is 287 g/mol. The number of aromatic amines is 1. The van der Waals surface area contributed by atoms with Gasteiger partial charge in [-0.3, -0.25) is 0 Å². The van der Waals surface area contributed by atoms with Gasteiger partial charge in [0.05, 0.1) is 0 Å². The number of hydrogen-bond acceptors (Lipinski definition) is 4. The third-order valence-electron chi connectivity index (χ3n) is 3.56. The molecule has 0 bridgehead atoms. The molecule has 0 spiro atoms. The average Bonchev–Trinajstić information content (AvgIpc) is 2.49. The SMILES string of the molecule is COC(c1ccccc1)c1nc(=S)c2c([nH]1)CCNC2. The van der Waals surface area contributed by atoms with Gasteiger partial charge < -0.3 is 15.0 Å². The number of methoxy groups -OCH3 is 1. The topological polar surface area (TPSA) is 49.9 Å². The fourth-order valence-corrected chi connectivity index (χ4v) is 2.84. The minimum Gasteiger partial charge on any atom is -0.369 e. The molecule has 4 nitrogen and oxygen atoms in total. The summed E-state index contributed by atoms with van der Waals surface area (Å²) in [6.45, 7) is 1.76. The van der Waals surface area contributed by atoms with Crippen LogP contribution in [-0.2, 0) is 17.7 Å². The van der Waals surface area contributed by atoms with Gasteiger partial charge >= 0.3 is 0 Å². The molecule has 5 heteroatoms. The summed E-state index contributed by atoms with van der Waals surface area (Å²) in [5, 5.41) is 3.32. The fourth-order valence-electron chi connectivity index (χ4n) is 2.54. The normalized spacial score (nSPS) is 15.7. The van der Waals surface area contributed by atoms with Gasteiger partial charge in [-0.05, 0) is 5.56 Å². The first-order valence-corrected chi connectivity index (χ1v) is 7.11. The van der Waals surface area contributed by atoms with Gasteiger partial charge in [-0.1, -0.05) is 42.5 Å². The predicted octanol–water partition coefficient (Wildman–Crippen LogP) is 2.52. The molecule has 0 fully saturated rings. The Kier molecular flexibility index (Phi) is 3.91. The van der Waals surface area contributed by atoms with Crippen molar-refractivity contribution in [1.29, 1.82) is 0 Å². The molecular formula is C15H17N3OS. The molecule has 3 rings (SSSR count). The second kappa shape index (κ2) is 5.83. The summed E-state index contributed by atoms with van der Waals surface area (Å²) in [4.78, 5) is 7.94. The van der Waals surface area contributed by atoms with Crippen LogP contribution >= 0.6 is 12.2 Å². The first-order chi connectivity index (χ1) is 9.79. The van der Waals surface area contributed by atoms with E-state index < -0.39 is 0 Å². The van der Waals surface area contributed by atoms with Crippen LogP contribution in [0.15, 0.2) is 30.3 Å². The van der Waals surface area contributed by atoms with Gasteiger partial charge in [0.15, 0.2) is 0 Å². The number of nitrogens with one attached hydrogen (secondary N) is 2. The van der Waals surface area contributed by atoms with Crippen molar-refractivity contribution in [2.24, 2.45) is 0 Å². The highest BCUT2D eigenvalue weighted by Gasteiger charge is 2.19. The van der Waals surface area contributed by atoms with Crippen LogP contribution in [0.4, 0.5) is 0 Å². The lowest BCUT2D eigenvalue weighted by atomic mass is 10.1. The zero-order valence-corrected chi connectivity index (χ0v) is 12.2. The highest BCUT2D eigenvalue weighted by molar-refractivity contribution is 7.71. The minimum atomic E-state index is -0.210. The Balaban J connectivity index is 2.05. The molecule has 1 unspecified atom stereocenters. The van der Waals surface area contributed by atoms with Crippen molar-refractivity contribution in [2.75, 3.05) is 13.7 Å². The number of H-pyrrole nitrogens is 1. The quantitative estimate of drug-likeness (QED) is 0.852. The van der Waals surface area contributed by atoms with Crippen molar-refractivity contribution in [3.05, 3.63) is 57.6 Å². The maximum Gasteiger partial charge on any atom is 0.141 e. The standard InChI is InChI=1S/C15H17N3OS/c1-19-13(10-5-3-2-4-6-10)14-17-12-7-8-16-9-11(12)15(20)18-14/h2-6,13,16H,7-9H2,1H3,(H,17,18,20). The maximum atomic E-state index is 5.61. The summed E-state index contributed by atoms with van der Waals surface area (Å²) in [7, 11) is 1.69. The van der Waals surface area contributed by atoms with Crippen LogP contribution in [-0.4, -0.2) is 23.6 Å². The number of aromatic nitrogens is 2. The van der Waals surface area contributed by atoms with Crippen LogP contribution in [0.5, 0.6) is 0 Å². The summed E-state index contributed by atoms with van der Waals surface area (Å²) in [5.41, 5.74) is 3.36. The van der Waals surface area contributed by atoms with E-state index in [0.717, 1.165) is 36.5 Å². The van der Waals surface area contributed by atoms with E-state index in [1.807, 2.05) is 30.3 Å². The fraction of sp³-hybridized carbons (Fsp3) is 0.333. The molecule has 2 N–H and O–H groups in total. The van der Waals surface area contributed by atoms with Crippen molar-refractivity contribution in [3.63, 3.8) is 0 Å². The Bertz CT molecular complexity index is 654. The molecule has 2 aromatic rings. The molecule has 0 radical (unpaired) electrons. The van der Waals surface area contributed by atoms with Crippen molar-refractivity contribution < 1.29 is 4.74 Å². The minimum absolute atomic E-state index is 0.210. The largest absolute Gasteiger partial charge is 0.369 e. The van der Waals surface area contributed by atoms with E-state index in [-0.39, 0.29) is 6.10 Å². The van der Waals surface area contributed by atoms with Gasteiger partial charge in [0.25, 0.3) is 0 Å². The number of hydrogen-bond donors (Lipinski definition) is 2. The zero-order chi connectivity index (χ0) is 13.9. The van der Waals surface area contributed by atoms with Gasteiger partial charge in [-0.25, -0.2) is 4.98 Å². The van der Waals surface area contributed by atoms with E-state index in [2.05, 4.69) is 15.3 Å². The van der Waals surface area contributed by atoms with Crippen molar-refractivity contribution in [1.82, 2.24) is 15.3 Å². The molecule has 2 heterocycles. The number of benzene rings is 1. The predicted molar refractivity (Wildman–Crippen MR) is 80.1 cm³/mol. The molecule has 1 aromatic carbocycles. The zero-order valence-electron chi connectivity index (χ0n) is 11.3. The molecule has 20 heavy (non-hydrogen) atoms. The summed E-state index contributed by atoms with van der Waals surface area (Å²) in [5.74, 6) is 0.782. The molecule has 104 valence electrons. The van der Waals surface area contributed by atoms with E-state index in [9.17, 15) is 0 Å². The van der Waals surface area contributed by atoms with Crippen molar-refractivity contribution >= 4 is 12.2 Å².